The fourth-order valence-corrected chi connectivity index (χ4v) is 1.78. The zero-order valence-corrected chi connectivity index (χ0v) is 9.37. The third kappa shape index (κ3) is 2.33. The highest BCUT2D eigenvalue weighted by Gasteiger charge is 2.26. The third-order valence-corrected chi connectivity index (χ3v) is 2.66. The van der Waals surface area contributed by atoms with Crippen LogP contribution in [0.1, 0.15) is 0 Å². The van der Waals surface area contributed by atoms with Gasteiger partial charge in [-0.25, -0.2) is 0 Å². The summed E-state index contributed by atoms with van der Waals surface area (Å²) in [4.78, 5) is 30.4. The summed E-state index contributed by atoms with van der Waals surface area (Å²) in [5.74, 6) is -0.302. The van der Waals surface area contributed by atoms with Crippen molar-refractivity contribution in [1.82, 2.24) is 9.88 Å². The molecule has 0 aromatic carbocycles. The lowest BCUT2D eigenvalue weighted by molar-refractivity contribution is -0.133. The van der Waals surface area contributed by atoms with Crippen molar-refractivity contribution in [3.05, 3.63) is 37.2 Å². The standard InChI is InChI=1S/C12H13N3O2/c1-2-11(16)14-6-7-15(12(17)9-14)10-4-3-5-13-8-10/h2-5,8H,1,6-7,9H2. The van der Waals surface area contributed by atoms with Gasteiger partial charge in [0.2, 0.25) is 11.8 Å². The molecule has 1 saturated heterocycles. The third-order valence-electron chi connectivity index (χ3n) is 2.66. The Morgan fingerprint density at radius 2 is 2.29 bits per heavy atom. The molecule has 0 atom stereocenters. The molecule has 0 unspecified atom stereocenters. The minimum absolute atomic E-state index is 0.0970. The Bertz CT molecular complexity index is 444. The average molecular weight is 231 g/mol. The minimum Gasteiger partial charge on any atom is -0.328 e. The van der Waals surface area contributed by atoms with Crippen molar-refractivity contribution in [3.63, 3.8) is 0 Å². The molecule has 0 radical (unpaired) electrons. The van der Waals surface area contributed by atoms with Crippen LogP contribution in [0.5, 0.6) is 0 Å². The summed E-state index contributed by atoms with van der Waals surface area (Å²) < 4.78 is 0. The summed E-state index contributed by atoms with van der Waals surface area (Å²) in [6.07, 6.45) is 4.53. The van der Waals surface area contributed by atoms with Gasteiger partial charge < -0.3 is 9.80 Å². The molecule has 2 rings (SSSR count). The smallest absolute Gasteiger partial charge is 0.246 e. The van der Waals surface area contributed by atoms with E-state index < -0.39 is 0 Å². The Balaban J connectivity index is 2.09. The van der Waals surface area contributed by atoms with E-state index in [0.29, 0.717) is 13.1 Å². The van der Waals surface area contributed by atoms with Crippen LogP contribution in [0.4, 0.5) is 5.69 Å². The lowest BCUT2D eigenvalue weighted by atomic mass is 10.2. The van der Waals surface area contributed by atoms with Gasteiger partial charge in [0.1, 0.15) is 6.54 Å². The molecular formula is C12H13N3O2. The van der Waals surface area contributed by atoms with Crippen LogP contribution in [0.15, 0.2) is 37.2 Å². The second-order valence-corrected chi connectivity index (χ2v) is 3.72. The fourth-order valence-electron chi connectivity index (χ4n) is 1.78. The number of pyridine rings is 1. The molecule has 1 aliphatic rings. The SMILES string of the molecule is C=CC(=O)N1CCN(c2cccnc2)C(=O)C1. The van der Waals surface area contributed by atoms with Crippen LogP contribution in [0, 0.1) is 0 Å². The normalized spacial score (nSPS) is 15.9. The van der Waals surface area contributed by atoms with Crippen LogP contribution >= 0.6 is 0 Å². The molecule has 1 fully saturated rings. The summed E-state index contributed by atoms with van der Waals surface area (Å²) >= 11 is 0. The van der Waals surface area contributed by atoms with E-state index in [1.165, 1.54) is 11.0 Å². The Morgan fingerprint density at radius 3 is 2.88 bits per heavy atom. The summed E-state index contributed by atoms with van der Waals surface area (Å²) in [6, 6.07) is 3.61. The first-order valence-corrected chi connectivity index (χ1v) is 5.34. The average Bonchev–Trinajstić information content (AvgIpc) is 2.38. The molecule has 1 aromatic rings. The number of anilines is 1. The number of hydrogen-bond acceptors (Lipinski definition) is 3. The molecule has 0 N–H and O–H groups in total. The monoisotopic (exact) mass is 231 g/mol. The quantitative estimate of drug-likeness (QED) is 0.694. The van der Waals surface area contributed by atoms with Crippen LogP contribution in [-0.4, -0.2) is 41.3 Å². The second kappa shape index (κ2) is 4.78. The maximum absolute atomic E-state index is 11.9. The molecule has 88 valence electrons. The van der Waals surface area contributed by atoms with Crippen LogP contribution in [-0.2, 0) is 9.59 Å². The number of amides is 2. The van der Waals surface area contributed by atoms with E-state index in [1.54, 1.807) is 23.4 Å². The van der Waals surface area contributed by atoms with E-state index in [4.69, 9.17) is 0 Å². The first-order valence-electron chi connectivity index (χ1n) is 5.34. The molecule has 2 heterocycles. The number of carbonyl (C=O) groups excluding carboxylic acids is 2. The Hall–Kier alpha value is -2.17. The molecular weight excluding hydrogens is 218 g/mol. The van der Waals surface area contributed by atoms with E-state index in [0.717, 1.165) is 5.69 Å². The van der Waals surface area contributed by atoms with Gasteiger partial charge in [0.25, 0.3) is 0 Å². The van der Waals surface area contributed by atoms with Crippen LogP contribution in [0.25, 0.3) is 0 Å². The molecule has 1 aromatic heterocycles. The molecule has 0 aliphatic carbocycles. The van der Waals surface area contributed by atoms with Crippen molar-refractivity contribution in [2.45, 2.75) is 0 Å². The van der Waals surface area contributed by atoms with E-state index in [9.17, 15) is 9.59 Å². The highest BCUT2D eigenvalue weighted by Crippen LogP contribution is 2.15. The predicted molar refractivity (Wildman–Crippen MR) is 63.4 cm³/mol. The Kier molecular flexibility index (Phi) is 3.18. The Labute approximate surface area is 99.4 Å². The van der Waals surface area contributed by atoms with E-state index >= 15 is 0 Å². The fraction of sp³-hybridized carbons (Fsp3) is 0.250. The zero-order chi connectivity index (χ0) is 12.3. The van der Waals surface area contributed by atoms with Gasteiger partial charge >= 0.3 is 0 Å². The second-order valence-electron chi connectivity index (χ2n) is 3.72. The molecule has 5 heteroatoms. The van der Waals surface area contributed by atoms with Crippen molar-refractivity contribution in [2.75, 3.05) is 24.5 Å². The van der Waals surface area contributed by atoms with Gasteiger partial charge in [-0.1, -0.05) is 6.58 Å². The van der Waals surface area contributed by atoms with Gasteiger partial charge in [0.05, 0.1) is 11.9 Å². The van der Waals surface area contributed by atoms with Gasteiger partial charge in [-0.15, -0.1) is 0 Å². The van der Waals surface area contributed by atoms with Crippen LogP contribution < -0.4 is 4.90 Å². The number of rotatable bonds is 2. The number of aromatic nitrogens is 1. The molecule has 0 saturated carbocycles. The number of hydrogen-bond donors (Lipinski definition) is 0. The highest BCUT2D eigenvalue weighted by molar-refractivity contribution is 5.99. The van der Waals surface area contributed by atoms with Gasteiger partial charge in [-0.2, -0.15) is 0 Å². The minimum atomic E-state index is -0.204. The van der Waals surface area contributed by atoms with E-state index in [2.05, 4.69) is 11.6 Å². The van der Waals surface area contributed by atoms with Gasteiger partial charge in [0.15, 0.2) is 0 Å². The maximum Gasteiger partial charge on any atom is 0.246 e. The zero-order valence-electron chi connectivity index (χ0n) is 9.37. The number of nitrogens with zero attached hydrogens (tertiary/aromatic N) is 3. The molecule has 2 amide bonds. The molecule has 0 bridgehead atoms. The molecule has 0 spiro atoms. The largest absolute Gasteiger partial charge is 0.328 e. The van der Waals surface area contributed by atoms with Gasteiger partial charge in [0, 0.05) is 19.3 Å². The van der Waals surface area contributed by atoms with Crippen molar-refractivity contribution >= 4 is 17.5 Å². The first-order chi connectivity index (χ1) is 8.22. The van der Waals surface area contributed by atoms with Crippen molar-refractivity contribution in [3.8, 4) is 0 Å². The molecule has 17 heavy (non-hydrogen) atoms. The molecule has 1 aliphatic heterocycles. The maximum atomic E-state index is 11.9. The first kappa shape index (κ1) is 11.3. The van der Waals surface area contributed by atoms with E-state index in [1.807, 2.05) is 6.07 Å². The summed E-state index contributed by atoms with van der Waals surface area (Å²) in [5.41, 5.74) is 0.767. The predicted octanol–water partition coefficient (Wildman–Crippen LogP) is 0.443. The lowest BCUT2D eigenvalue weighted by Gasteiger charge is -2.33. The Morgan fingerprint density at radius 1 is 1.47 bits per heavy atom. The molecule has 5 nitrogen and oxygen atoms in total. The van der Waals surface area contributed by atoms with Crippen molar-refractivity contribution < 1.29 is 9.59 Å². The summed E-state index contributed by atoms with van der Waals surface area (Å²) in [5, 5.41) is 0. The van der Waals surface area contributed by atoms with Crippen molar-refractivity contribution in [1.29, 1.82) is 0 Å². The topological polar surface area (TPSA) is 53.5 Å². The van der Waals surface area contributed by atoms with Gasteiger partial charge in [-0.05, 0) is 18.2 Å². The highest BCUT2D eigenvalue weighted by atomic mass is 16.2. The number of carbonyl (C=O) groups is 2. The van der Waals surface area contributed by atoms with E-state index in [-0.39, 0.29) is 18.4 Å². The lowest BCUT2D eigenvalue weighted by Crippen LogP contribution is -2.52. The van der Waals surface area contributed by atoms with Crippen molar-refractivity contribution in [2.24, 2.45) is 0 Å². The van der Waals surface area contributed by atoms with Crippen LogP contribution in [0.3, 0.4) is 0 Å². The summed E-state index contributed by atoms with van der Waals surface area (Å²) in [7, 11) is 0. The van der Waals surface area contributed by atoms with Crippen LogP contribution in [0.2, 0.25) is 0 Å². The number of piperazine rings is 1. The summed E-state index contributed by atoms with van der Waals surface area (Å²) in [6.45, 7) is 4.52. The van der Waals surface area contributed by atoms with Gasteiger partial charge in [-0.3, -0.25) is 14.6 Å².